The van der Waals surface area contributed by atoms with Crippen molar-refractivity contribution in [2.45, 2.75) is 26.1 Å². The quantitative estimate of drug-likeness (QED) is 0.570. The maximum atomic E-state index is 12.7. The molecule has 0 aliphatic rings. The van der Waals surface area contributed by atoms with Gasteiger partial charge in [0.15, 0.2) is 0 Å². The topological polar surface area (TPSA) is 52.3 Å². The number of aromatic nitrogens is 1. The van der Waals surface area contributed by atoms with E-state index in [0.29, 0.717) is 29.2 Å². The highest BCUT2D eigenvalue weighted by atomic mass is 19.4. The summed E-state index contributed by atoms with van der Waals surface area (Å²) in [6.45, 7) is 1.85. The van der Waals surface area contributed by atoms with Crippen molar-refractivity contribution in [3.05, 3.63) is 71.1 Å². The van der Waals surface area contributed by atoms with Gasteiger partial charge in [0.25, 0.3) is 0 Å². The van der Waals surface area contributed by atoms with Crippen molar-refractivity contribution < 1.29 is 27.1 Å². The maximum absolute atomic E-state index is 12.7. The lowest BCUT2D eigenvalue weighted by atomic mass is 10.1. The minimum Gasteiger partial charge on any atom is -0.487 e. The number of nitrogens with zero attached hydrogens (tertiary/aromatic N) is 1. The molecule has 0 N–H and O–H groups in total. The molecule has 0 radical (unpaired) electrons. The minimum absolute atomic E-state index is 0.139. The molecule has 1 heterocycles. The molecule has 0 saturated heterocycles. The molecule has 140 valence electrons. The van der Waals surface area contributed by atoms with Gasteiger partial charge in [-0.15, -0.1) is 0 Å². The Morgan fingerprint density at radius 1 is 1.15 bits per heavy atom. The Morgan fingerprint density at radius 3 is 2.56 bits per heavy atom. The Hall–Kier alpha value is -3.09. The van der Waals surface area contributed by atoms with Crippen LogP contribution in [0.4, 0.5) is 13.2 Å². The fourth-order valence-corrected chi connectivity index (χ4v) is 2.50. The fourth-order valence-electron chi connectivity index (χ4n) is 2.50. The molecule has 0 fully saturated rings. The summed E-state index contributed by atoms with van der Waals surface area (Å²) >= 11 is 0. The number of oxazole rings is 1. The van der Waals surface area contributed by atoms with Crippen molar-refractivity contribution in [3.63, 3.8) is 0 Å². The zero-order valence-electron chi connectivity index (χ0n) is 14.4. The van der Waals surface area contributed by atoms with Crippen molar-refractivity contribution in [1.29, 1.82) is 0 Å². The Kier molecular flexibility index (Phi) is 5.30. The average Bonchev–Trinajstić information content (AvgIpc) is 3.01. The van der Waals surface area contributed by atoms with E-state index < -0.39 is 11.7 Å². The smallest absolute Gasteiger partial charge is 0.416 e. The summed E-state index contributed by atoms with van der Waals surface area (Å²) in [5.41, 5.74) is 1.11. The number of aldehydes is 1. The van der Waals surface area contributed by atoms with Gasteiger partial charge in [0.2, 0.25) is 5.89 Å². The van der Waals surface area contributed by atoms with Crippen LogP contribution in [-0.4, -0.2) is 11.3 Å². The summed E-state index contributed by atoms with van der Waals surface area (Å²) in [4.78, 5) is 14.9. The molecule has 0 amide bonds. The molecular weight excluding hydrogens is 359 g/mol. The average molecular weight is 375 g/mol. The van der Waals surface area contributed by atoms with Gasteiger partial charge in [0, 0.05) is 12.0 Å². The van der Waals surface area contributed by atoms with E-state index in [1.807, 2.05) is 6.07 Å². The molecule has 0 atom stereocenters. The van der Waals surface area contributed by atoms with Gasteiger partial charge in [-0.2, -0.15) is 13.2 Å². The standard InChI is InChI=1S/C20H16F3NO3/c1-13-18(12-26-17-4-2-3-14(11-17)9-10-25)24-19(27-13)15-5-7-16(8-6-15)20(21,22)23/h2-8,10-11H,9,12H2,1H3. The number of ether oxygens (including phenoxy) is 1. The predicted molar refractivity (Wildman–Crippen MR) is 92.2 cm³/mol. The second kappa shape index (κ2) is 7.65. The van der Waals surface area contributed by atoms with E-state index in [9.17, 15) is 18.0 Å². The monoisotopic (exact) mass is 375 g/mol. The lowest BCUT2D eigenvalue weighted by molar-refractivity contribution is -0.137. The van der Waals surface area contributed by atoms with Crippen molar-refractivity contribution >= 4 is 6.29 Å². The predicted octanol–water partition coefficient (Wildman–Crippen LogP) is 4.99. The van der Waals surface area contributed by atoms with Crippen LogP contribution in [0.1, 0.15) is 22.6 Å². The van der Waals surface area contributed by atoms with Crippen molar-refractivity contribution in [2.24, 2.45) is 0 Å². The number of carbonyl (C=O) groups excluding carboxylic acids is 1. The molecule has 0 saturated carbocycles. The summed E-state index contributed by atoms with van der Waals surface area (Å²) in [6, 6.07) is 11.8. The summed E-state index contributed by atoms with van der Waals surface area (Å²) in [6.07, 6.45) is -3.27. The number of alkyl halides is 3. The second-order valence-corrected chi connectivity index (χ2v) is 5.90. The Morgan fingerprint density at radius 2 is 1.89 bits per heavy atom. The Balaban J connectivity index is 1.73. The molecular formula is C20H16F3NO3. The van der Waals surface area contributed by atoms with Crippen molar-refractivity contribution in [2.75, 3.05) is 0 Å². The third kappa shape index (κ3) is 4.55. The SMILES string of the molecule is Cc1oc(-c2ccc(C(F)(F)F)cc2)nc1COc1cccc(CC=O)c1. The van der Waals surface area contributed by atoms with Crippen LogP contribution in [-0.2, 0) is 24.0 Å². The van der Waals surface area contributed by atoms with Gasteiger partial charge in [-0.3, -0.25) is 0 Å². The van der Waals surface area contributed by atoms with E-state index in [1.165, 1.54) is 12.1 Å². The van der Waals surface area contributed by atoms with E-state index >= 15 is 0 Å². The first kappa shape index (κ1) is 18.7. The first-order valence-electron chi connectivity index (χ1n) is 8.16. The maximum Gasteiger partial charge on any atom is 0.416 e. The van der Waals surface area contributed by atoms with Gasteiger partial charge in [-0.05, 0) is 48.9 Å². The Labute approximate surface area is 153 Å². The molecule has 4 nitrogen and oxygen atoms in total. The van der Waals surface area contributed by atoms with Crippen LogP contribution < -0.4 is 4.74 Å². The van der Waals surface area contributed by atoms with Crippen LogP contribution >= 0.6 is 0 Å². The Bertz CT molecular complexity index is 930. The first-order valence-corrected chi connectivity index (χ1v) is 8.16. The van der Waals surface area contributed by atoms with Crippen LogP contribution in [0.25, 0.3) is 11.5 Å². The number of hydrogen-bond donors (Lipinski definition) is 0. The van der Waals surface area contributed by atoms with E-state index in [-0.39, 0.29) is 12.5 Å². The summed E-state index contributed by atoms with van der Waals surface area (Å²) in [7, 11) is 0. The van der Waals surface area contributed by atoms with Gasteiger partial charge >= 0.3 is 6.18 Å². The van der Waals surface area contributed by atoms with Crippen molar-refractivity contribution in [1.82, 2.24) is 4.98 Å². The van der Waals surface area contributed by atoms with Gasteiger partial charge in [-0.25, -0.2) is 4.98 Å². The van der Waals surface area contributed by atoms with Gasteiger partial charge in [-0.1, -0.05) is 12.1 Å². The highest BCUT2D eigenvalue weighted by Gasteiger charge is 2.30. The van der Waals surface area contributed by atoms with Crippen LogP contribution in [0.5, 0.6) is 5.75 Å². The zero-order chi connectivity index (χ0) is 19.4. The normalized spacial score (nSPS) is 11.4. The van der Waals surface area contributed by atoms with Gasteiger partial charge in [0.05, 0.1) is 5.56 Å². The number of benzene rings is 2. The van der Waals surface area contributed by atoms with Crippen LogP contribution in [0.2, 0.25) is 0 Å². The van der Waals surface area contributed by atoms with E-state index in [1.54, 1.807) is 25.1 Å². The molecule has 0 aliphatic carbocycles. The summed E-state index contributed by atoms with van der Waals surface area (Å²) in [5.74, 6) is 1.34. The van der Waals surface area contributed by atoms with E-state index in [0.717, 1.165) is 24.0 Å². The highest BCUT2D eigenvalue weighted by molar-refractivity contribution is 5.55. The van der Waals surface area contributed by atoms with Crippen LogP contribution in [0.15, 0.2) is 52.9 Å². The number of carbonyl (C=O) groups is 1. The molecule has 0 spiro atoms. The molecule has 1 aromatic heterocycles. The molecule has 0 bridgehead atoms. The van der Waals surface area contributed by atoms with Crippen molar-refractivity contribution in [3.8, 4) is 17.2 Å². The third-order valence-electron chi connectivity index (χ3n) is 3.94. The molecule has 3 rings (SSSR count). The molecule has 7 heteroatoms. The zero-order valence-corrected chi connectivity index (χ0v) is 14.4. The molecule has 0 unspecified atom stereocenters. The number of rotatable bonds is 6. The number of aryl methyl sites for hydroxylation is 1. The first-order chi connectivity index (χ1) is 12.9. The lowest BCUT2D eigenvalue weighted by Gasteiger charge is -2.06. The number of halogens is 3. The second-order valence-electron chi connectivity index (χ2n) is 5.90. The largest absolute Gasteiger partial charge is 0.487 e. The fraction of sp³-hybridized carbons (Fsp3) is 0.200. The third-order valence-corrected chi connectivity index (χ3v) is 3.94. The highest BCUT2D eigenvalue weighted by Crippen LogP contribution is 2.31. The van der Waals surface area contributed by atoms with Gasteiger partial charge in [0.1, 0.15) is 30.1 Å². The molecule has 2 aromatic carbocycles. The minimum atomic E-state index is -4.39. The summed E-state index contributed by atoms with van der Waals surface area (Å²) < 4.78 is 49.2. The van der Waals surface area contributed by atoms with Crippen LogP contribution in [0.3, 0.4) is 0 Å². The molecule has 27 heavy (non-hydrogen) atoms. The molecule has 0 aliphatic heterocycles. The molecule has 3 aromatic rings. The van der Waals surface area contributed by atoms with E-state index in [4.69, 9.17) is 9.15 Å². The number of hydrogen-bond acceptors (Lipinski definition) is 4. The van der Waals surface area contributed by atoms with Crippen LogP contribution in [0, 0.1) is 6.92 Å². The summed E-state index contributed by atoms with van der Waals surface area (Å²) in [5, 5.41) is 0. The van der Waals surface area contributed by atoms with Gasteiger partial charge < -0.3 is 13.9 Å². The lowest BCUT2D eigenvalue weighted by Crippen LogP contribution is -2.04. The van der Waals surface area contributed by atoms with E-state index in [2.05, 4.69) is 4.98 Å².